The lowest BCUT2D eigenvalue weighted by Crippen LogP contribution is -2.10. The molecule has 1 heteroatoms. The maximum absolute atomic E-state index is 2.38. The van der Waals surface area contributed by atoms with E-state index in [0.717, 1.165) is 24.2 Å². The van der Waals surface area contributed by atoms with Gasteiger partial charge < -0.3 is 4.90 Å². The SMILES string of the molecule is CC.Cc1ccc(CCc2ccc(N(c3ccc(-c4ccccc4)cc3)c3cccc4ccccc34)cc2)cc1. The molecule has 40 heavy (non-hydrogen) atoms. The third-order valence-corrected chi connectivity index (χ3v) is 7.26. The zero-order valence-corrected chi connectivity index (χ0v) is 23.7. The van der Waals surface area contributed by atoms with Crippen LogP contribution in [0.3, 0.4) is 0 Å². The predicted octanol–water partition coefficient (Wildman–Crippen LogP) is 11.1. The average molecular weight is 520 g/mol. The van der Waals surface area contributed by atoms with Crippen LogP contribution >= 0.6 is 0 Å². The summed E-state index contributed by atoms with van der Waals surface area (Å²) in [5, 5.41) is 2.48. The number of fused-ring (bicyclic) bond motifs is 1. The Hall–Kier alpha value is -4.62. The van der Waals surface area contributed by atoms with E-state index in [0.29, 0.717) is 0 Å². The minimum absolute atomic E-state index is 1.03. The Morgan fingerprint density at radius 3 is 1.60 bits per heavy atom. The molecule has 0 unspecified atom stereocenters. The van der Waals surface area contributed by atoms with Crippen molar-refractivity contribution in [1.29, 1.82) is 0 Å². The summed E-state index contributed by atoms with van der Waals surface area (Å²) in [4.78, 5) is 2.38. The van der Waals surface area contributed by atoms with E-state index in [2.05, 4.69) is 157 Å². The smallest absolute Gasteiger partial charge is 0.0540 e. The van der Waals surface area contributed by atoms with Gasteiger partial charge >= 0.3 is 0 Å². The second kappa shape index (κ2) is 13.0. The summed E-state index contributed by atoms with van der Waals surface area (Å²) in [5.74, 6) is 0. The van der Waals surface area contributed by atoms with Gasteiger partial charge in [0.2, 0.25) is 0 Å². The molecular weight excluding hydrogens is 482 g/mol. The lowest BCUT2D eigenvalue weighted by atomic mass is 10.0. The molecule has 0 aromatic heterocycles. The Morgan fingerprint density at radius 1 is 0.450 bits per heavy atom. The van der Waals surface area contributed by atoms with Crippen molar-refractivity contribution in [3.05, 3.63) is 162 Å². The van der Waals surface area contributed by atoms with Gasteiger partial charge in [0.15, 0.2) is 0 Å². The first-order valence-electron chi connectivity index (χ1n) is 14.3. The van der Waals surface area contributed by atoms with Crippen LogP contribution in [0.25, 0.3) is 21.9 Å². The molecule has 0 aliphatic carbocycles. The fraction of sp³-hybridized carbons (Fsp3) is 0.128. The van der Waals surface area contributed by atoms with E-state index in [1.54, 1.807) is 0 Å². The van der Waals surface area contributed by atoms with Gasteiger partial charge in [0.05, 0.1) is 5.69 Å². The van der Waals surface area contributed by atoms with Crippen LogP contribution in [0.5, 0.6) is 0 Å². The molecule has 6 rings (SSSR count). The van der Waals surface area contributed by atoms with Crippen LogP contribution in [-0.2, 0) is 12.8 Å². The molecule has 0 amide bonds. The van der Waals surface area contributed by atoms with Crippen LogP contribution in [0.15, 0.2) is 146 Å². The summed E-state index contributed by atoms with van der Waals surface area (Å²) in [6, 6.07) is 52.6. The highest BCUT2D eigenvalue weighted by Gasteiger charge is 2.15. The zero-order valence-electron chi connectivity index (χ0n) is 23.7. The van der Waals surface area contributed by atoms with E-state index in [9.17, 15) is 0 Å². The van der Waals surface area contributed by atoms with Crippen molar-refractivity contribution in [2.45, 2.75) is 33.6 Å². The van der Waals surface area contributed by atoms with Gasteiger partial charge in [-0.25, -0.2) is 0 Å². The lowest BCUT2D eigenvalue weighted by molar-refractivity contribution is 0.959. The maximum atomic E-state index is 2.38. The topological polar surface area (TPSA) is 3.24 Å². The van der Waals surface area contributed by atoms with E-state index >= 15 is 0 Å². The number of hydrogen-bond acceptors (Lipinski definition) is 1. The standard InChI is InChI=1S/C37H31N.C2H6/c1-28-14-16-29(17-15-28)18-19-30-20-24-34(25-21-30)38(37-13-7-11-33-10-5-6-12-36(33)37)35-26-22-32(23-27-35)31-8-3-2-4-9-31;1-2/h2-17,20-27H,18-19H2,1H3;1-2H3. The third kappa shape index (κ3) is 6.16. The van der Waals surface area contributed by atoms with Crippen LogP contribution in [0.4, 0.5) is 17.1 Å². The van der Waals surface area contributed by atoms with Gasteiger partial charge in [-0.15, -0.1) is 0 Å². The monoisotopic (exact) mass is 519 g/mol. The fourth-order valence-electron chi connectivity index (χ4n) is 5.12. The molecule has 0 saturated carbocycles. The summed E-state index contributed by atoms with van der Waals surface area (Å²) in [5.41, 5.74) is 9.99. The van der Waals surface area contributed by atoms with Crippen molar-refractivity contribution in [2.24, 2.45) is 0 Å². The van der Waals surface area contributed by atoms with Crippen LogP contribution in [0, 0.1) is 6.92 Å². The fourth-order valence-corrected chi connectivity index (χ4v) is 5.12. The van der Waals surface area contributed by atoms with Crippen molar-refractivity contribution in [3.63, 3.8) is 0 Å². The van der Waals surface area contributed by atoms with E-state index < -0.39 is 0 Å². The molecule has 0 fully saturated rings. The highest BCUT2D eigenvalue weighted by molar-refractivity contribution is 5.98. The lowest BCUT2D eigenvalue weighted by Gasteiger charge is -2.27. The molecule has 0 saturated heterocycles. The molecule has 6 aromatic rings. The molecule has 0 atom stereocenters. The molecule has 0 heterocycles. The summed E-state index contributed by atoms with van der Waals surface area (Å²) >= 11 is 0. The first kappa shape index (κ1) is 27.0. The summed E-state index contributed by atoms with van der Waals surface area (Å²) in [6.07, 6.45) is 2.08. The van der Waals surface area contributed by atoms with E-state index in [1.807, 2.05) is 13.8 Å². The largest absolute Gasteiger partial charge is 0.310 e. The van der Waals surface area contributed by atoms with Gasteiger partial charge in [0, 0.05) is 16.8 Å². The number of nitrogens with zero attached hydrogens (tertiary/aromatic N) is 1. The minimum atomic E-state index is 1.03. The van der Waals surface area contributed by atoms with Gasteiger partial charge in [-0.3, -0.25) is 0 Å². The average Bonchev–Trinajstić information content (AvgIpc) is 3.03. The molecule has 0 spiro atoms. The Balaban J connectivity index is 0.00000158. The van der Waals surface area contributed by atoms with Crippen molar-refractivity contribution >= 4 is 27.8 Å². The predicted molar refractivity (Wildman–Crippen MR) is 174 cm³/mol. The Kier molecular flexibility index (Phi) is 8.73. The first-order chi connectivity index (χ1) is 19.7. The quantitative estimate of drug-likeness (QED) is 0.203. The molecule has 1 nitrogen and oxygen atoms in total. The molecule has 198 valence electrons. The van der Waals surface area contributed by atoms with Crippen molar-refractivity contribution in [2.75, 3.05) is 4.90 Å². The number of aryl methyl sites for hydroxylation is 3. The van der Waals surface area contributed by atoms with Gasteiger partial charge in [0.1, 0.15) is 0 Å². The van der Waals surface area contributed by atoms with Gasteiger partial charge in [-0.05, 0) is 77.7 Å². The van der Waals surface area contributed by atoms with Crippen LogP contribution < -0.4 is 4.90 Å². The first-order valence-corrected chi connectivity index (χ1v) is 14.3. The summed E-state index contributed by atoms with van der Waals surface area (Å²) < 4.78 is 0. The molecule has 0 radical (unpaired) electrons. The molecule has 0 N–H and O–H groups in total. The van der Waals surface area contributed by atoms with Gasteiger partial charge in [-0.2, -0.15) is 0 Å². The molecule has 0 aliphatic heterocycles. The van der Waals surface area contributed by atoms with E-state index in [-0.39, 0.29) is 0 Å². The van der Waals surface area contributed by atoms with Crippen LogP contribution in [0.1, 0.15) is 30.5 Å². The van der Waals surface area contributed by atoms with E-state index in [1.165, 1.54) is 44.3 Å². The van der Waals surface area contributed by atoms with E-state index in [4.69, 9.17) is 0 Å². The van der Waals surface area contributed by atoms with Gasteiger partial charge in [0.25, 0.3) is 0 Å². The van der Waals surface area contributed by atoms with Crippen LogP contribution in [0.2, 0.25) is 0 Å². The molecule has 0 bridgehead atoms. The summed E-state index contributed by atoms with van der Waals surface area (Å²) in [6.45, 7) is 6.14. The Morgan fingerprint density at radius 2 is 0.950 bits per heavy atom. The third-order valence-electron chi connectivity index (χ3n) is 7.26. The minimum Gasteiger partial charge on any atom is -0.310 e. The summed E-state index contributed by atoms with van der Waals surface area (Å²) in [7, 11) is 0. The van der Waals surface area contributed by atoms with Crippen LogP contribution in [-0.4, -0.2) is 0 Å². The number of rotatable bonds is 7. The number of anilines is 3. The molecule has 6 aromatic carbocycles. The van der Waals surface area contributed by atoms with Crippen molar-refractivity contribution in [1.82, 2.24) is 0 Å². The highest BCUT2D eigenvalue weighted by atomic mass is 15.1. The Bertz CT molecular complexity index is 1630. The molecule has 0 aliphatic rings. The second-order valence-corrected chi connectivity index (χ2v) is 9.90. The van der Waals surface area contributed by atoms with Gasteiger partial charge in [-0.1, -0.05) is 135 Å². The zero-order chi connectivity index (χ0) is 27.7. The number of hydrogen-bond donors (Lipinski definition) is 0. The Labute approximate surface area is 239 Å². The molecular formula is C39H37N. The van der Waals surface area contributed by atoms with Crippen molar-refractivity contribution in [3.8, 4) is 11.1 Å². The number of benzene rings is 6. The van der Waals surface area contributed by atoms with Crippen molar-refractivity contribution < 1.29 is 0 Å². The maximum Gasteiger partial charge on any atom is 0.0540 e. The second-order valence-electron chi connectivity index (χ2n) is 9.90. The normalized spacial score (nSPS) is 10.6. The highest BCUT2D eigenvalue weighted by Crippen LogP contribution is 2.39.